The molecule has 0 bridgehead atoms. The summed E-state index contributed by atoms with van der Waals surface area (Å²) in [6, 6.07) is 11.9. The van der Waals surface area contributed by atoms with E-state index < -0.39 is 0 Å². The van der Waals surface area contributed by atoms with E-state index in [2.05, 4.69) is 17.1 Å². The Morgan fingerprint density at radius 1 is 1.27 bits per heavy atom. The Balaban J connectivity index is 1.80. The first kappa shape index (κ1) is 15.0. The van der Waals surface area contributed by atoms with E-state index in [4.69, 9.17) is 11.6 Å². The van der Waals surface area contributed by atoms with Gasteiger partial charge in [-0.3, -0.25) is 9.78 Å². The van der Waals surface area contributed by atoms with Crippen molar-refractivity contribution in [3.8, 4) is 11.1 Å². The summed E-state index contributed by atoms with van der Waals surface area (Å²) < 4.78 is 0. The first-order chi connectivity index (χ1) is 10.6. The van der Waals surface area contributed by atoms with E-state index in [0.717, 1.165) is 47.8 Å². The standard InChI is InChI=1S/C18H19ClN2O/c1-13(22)21-10-4-5-15(12-21)18-9-8-14(11-20-18)16-6-2-3-7-17(16)19/h2-3,6-9,11,15H,4-5,10,12H2,1H3. The molecule has 114 valence electrons. The fourth-order valence-electron chi connectivity index (χ4n) is 3.01. The van der Waals surface area contributed by atoms with Gasteiger partial charge in [-0.2, -0.15) is 0 Å². The summed E-state index contributed by atoms with van der Waals surface area (Å²) in [5, 5.41) is 0.734. The van der Waals surface area contributed by atoms with Gasteiger partial charge in [-0.25, -0.2) is 0 Å². The van der Waals surface area contributed by atoms with Crippen LogP contribution in [0.2, 0.25) is 5.02 Å². The highest BCUT2D eigenvalue weighted by atomic mass is 35.5. The number of hydrogen-bond donors (Lipinski definition) is 0. The molecule has 22 heavy (non-hydrogen) atoms. The Bertz CT molecular complexity index is 669. The Morgan fingerprint density at radius 2 is 2.09 bits per heavy atom. The summed E-state index contributed by atoms with van der Waals surface area (Å²) in [5.74, 6) is 0.482. The van der Waals surface area contributed by atoms with Gasteiger partial charge in [0.15, 0.2) is 0 Å². The zero-order valence-corrected chi connectivity index (χ0v) is 13.4. The second kappa shape index (κ2) is 6.49. The highest BCUT2D eigenvalue weighted by Gasteiger charge is 2.23. The average Bonchev–Trinajstić information content (AvgIpc) is 2.56. The van der Waals surface area contributed by atoms with Crippen molar-refractivity contribution in [2.75, 3.05) is 13.1 Å². The largest absolute Gasteiger partial charge is 0.342 e. The molecule has 3 nitrogen and oxygen atoms in total. The van der Waals surface area contributed by atoms with Gasteiger partial charge in [-0.05, 0) is 25.0 Å². The third-order valence-electron chi connectivity index (χ3n) is 4.26. The average molecular weight is 315 g/mol. The summed E-state index contributed by atoms with van der Waals surface area (Å²) >= 11 is 6.23. The van der Waals surface area contributed by atoms with Crippen molar-refractivity contribution in [3.05, 3.63) is 53.3 Å². The van der Waals surface area contributed by atoms with Crippen LogP contribution in [-0.4, -0.2) is 28.9 Å². The molecule has 0 spiro atoms. The molecule has 1 aliphatic heterocycles. The summed E-state index contributed by atoms with van der Waals surface area (Å²) in [6.07, 6.45) is 4.00. The lowest BCUT2D eigenvalue weighted by molar-refractivity contribution is -0.130. The van der Waals surface area contributed by atoms with Crippen LogP contribution in [0, 0.1) is 0 Å². The number of aromatic nitrogens is 1. The minimum Gasteiger partial charge on any atom is -0.342 e. The number of likely N-dealkylation sites (tertiary alicyclic amines) is 1. The van der Waals surface area contributed by atoms with Crippen molar-refractivity contribution < 1.29 is 4.79 Å². The topological polar surface area (TPSA) is 33.2 Å². The molecular weight excluding hydrogens is 296 g/mol. The molecular formula is C18H19ClN2O. The molecule has 0 radical (unpaired) electrons. The van der Waals surface area contributed by atoms with Crippen LogP contribution < -0.4 is 0 Å². The number of piperidine rings is 1. The third kappa shape index (κ3) is 3.14. The van der Waals surface area contributed by atoms with Crippen LogP contribution in [0.1, 0.15) is 31.4 Å². The number of amides is 1. The maximum Gasteiger partial charge on any atom is 0.219 e. The van der Waals surface area contributed by atoms with Gasteiger partial charge in [-0.1, -0.05) is 35.9 Å². The van der Waals surface area contributed by atoms with Crippen LogP contribution >= 0.6 is 11.6 Å². The third-order valence-corrected chi connectivity index (χ3v) is 4.59. The Hall–Kier alpha value is -1.87. The van der Waals surface area contributed by atoms with E-state index in [1.54, 1.807) is 6.92 Å². The van der Waals surface area contributed by atoms with Crippen molar-refractivity contribution >= 4 is 17.5 Å². The monoisotopic (exact) mass is 314 g/mol. The second-order valence-corrected chi connectivity index (χ2v) is 6.16. The van der Waals surface area contributed by atoms with Crippen LogP contribution in [0.4, 0.5) is 0 Å². The fourth-order valence-corrected chi connectivity index (χ4v) is 3.25. The van der Waals surface area contributed by atoms with E-state index in [0.29, 0.717) is 5.92 Å². The van der Waals surface area contributed by atoms with E-state index in [1.807, 2.05) is 35.4 Å². The molecule has 1 aromatic carbocycles. The second-order valence-electron chi connectivity index (χ2n) is 5.76. The highest BCUT2D eigenvalue weighted by molar-refractivity contribution is 6.33. The molecule has 2 heterocycles. The lowest BCUT2D eigenvalue weighted by Gasteiger charge is -2.31. The van der Waals surface area contributed by atoms with Gasteiger partial charge in [0, 0.05) is 54.0 Å². The van der Waals surface area contributed by atoms with Crippen molar-refractivity contribution in [1.29, 1.82) is 0 Å². The molecule has 4 heteroatoms. The van der Waals surface area contributed by atoms with E-state index in [9.17, 15) is 4.79 Å². The summed E-state index contributed by atoms with van der Waals surface area (Å²) in [6.45, 7) is 3.27. The smallest absolute Gasteiger partial charge is 0.219 e. The Kier molecular flexibility index (Phi) is 4.44. The molecule has 1 unspecified atom stereocenters. The molecule has 1 fully saturated rings. The highest BCUT2D eigenvalue weighted by Crippen LogP contribution is 2.30. The van der Waals surface area contributed by atoms with E-state index in [1.165, 1.54) is 0 Å². The van der Waals surface area contributed by atoms with Gasteiger partial charge in [0.2, 0.25) is 5.91 Å². The molecule has 3 rings (SSSR count). The van der Waals surface area contributed by atoms with Crippen LogP contribution in [0.15, 0.2) is 42.6 Å². The number of pyridine rings is 1. The van der Waals surface area contributed by atoms with Crippen LogP contribution in [0.25, 0.3) is 11.1 Å². The molecule has 2 aromatic rings. The lowest BCUT2D eigenvalue weighted by Crippen LogP contribution is -2.37. The SMILES string of the molecule is CC(=O)N1CCCC(c2ccc(-c3ccccc3Cl)cn2)C1. The van der Waals surface area contributed by atoms with Gasteiger partial charge in [0.25, 0.3) is 0 Å². The Labute approximate surface area is 135 Å². The van der Waals surface area contributed by atoms with Crippen LogP contribution in [0.5, 0.6) is 0 Å². The summed E-state index contributed by atoms with van der Waals surface area (Å²) in [4.78, 5) is 18.1. The molecule has 1 amide bonds. The first-order valence-corrected chi connectivity index (χ1v) is 7.99. The van der Waals surface area contributed by atoms with Gasteiger partial charge < -0.3 is 4.90 Å². The number of carbonyl (C=O) groups excluding carboxylic acids is 1. The van der Waals surface area contributed by atoms with Gasteiger partial charge in [0.1, 0.15) is 0 Å². The minimum atomic E-state index is 0.150. The van der Waals surface area contributed by atoms with Crippen molar-refractivity contribution in [3.63, 3.8) is 0 Å². The quantitative estimate of drug-likeness (QED) is 0.835. The predicted octanol–water partition coefficient (Wildman–Crippen LogP) is 4.13. The van der Waals surface area contributed by atoms with Crippen molar-refractivity contribution in [2.45, 2.75) is 25.7 Å². The van der Waals surface area contributed by atoms with E-state index >= 15 is 0 Å². The number of halogens is 1. The molecule has 0 aliphatic carbocycles. The maximum atomic E-state index is 11.5. The van der Waals surface area contributed by atoms with Crippen LogP contribution in [-0.2, 0) is 4.79 Å². The normalized spacial score (nSPS) is 18.3. The minimum absolute atomic E-state index is 0.150. The predicted molar refractivity (Wildman–Crippen MR) is 88.9 cm³/mol. The number of hydrogen-bond acceptors (Lipinski definition) is 2. The fraction of sp³-hybridized carbons (Fsp3) is 0.333. The zero-order valence-electron chi connectivity index (χ0n) is 12.6. The number of benzene rings is 1. The first-order valence-electron chi connectivity index (χ1n) is 7.61. The Morgan fingerprint density at radius 3 is 2.77 bits per heavy atom. The number of nitrogens with zero attached hydrogens (tertiary/aromatic N) is 2. The van der Waals surface area contributed by atoms with Crippen LogP contribution in [0.3, 0.4) is 0 Å². The number of carbonyl (C=O) groups is 1. The van der Waals surface area contributed by atoms with Crippen molar-refractivity contribution in [1.82, 2.24) is 9.88 Å². The zero-order chi connectivity index (χ0) is 15.5. The summed E-state index contributed by atoms with van der Waals surface area (Å²) in [5.41, 5.74) is 3.08. The molecule has 1 aromatic heterocycles. The van der Waals surface area contributed by atoms with Gasteiger partial charge in [-0.15, -0.1) is 0 Å². The summed E-state index contributed by atoms with van der Waals surface area (Å²) in [7, 11) is 0. The van der Waals surface area contributed by atoms with Gasteiger partial charge >= 0.3 is 0 Å². The lowest BCUT2D eigenvalue weighted by atomic mass is 9.93. The molecule has 0 saturated carbocycles. The van der Waals surface area contributed by atoms with Gasteiger partial charge in [0.05, 0.1) is 0 Å². The van der Waals surface area contributed by atoms with Crippen molar-refractivity contribution in [2.24, 2.45) is 0 Å². The van der Waals surface area contributed by atoms with E-state index in [-0.39, 0.29) is 5.91 Å². The molecule has 0 N–H and O–H groups in total. The molecule has 1 atom stereocenters. The molecule has 1 aliphatic rings. The molecule has 1 saturated heterocycles. The maximum absolute atomic E-state index is 11.5. The number of rotatable bonds is 2.